The highest BCUT2D eigenvalue weighted by molar-refractivity contribution is 5.88. The molecule has 8 aromatic carbocycles. The second-order valence-corrected chi connectivity index (χ2v) is 21.4. The molecule has 8 aromatic rings. The maximum absolute atomic E-state index is 13.9. The van der Waals surface area contributed by atoms with Crippen molar-refractivity contribution >= 4 is 5.78 Å². The Hall–Kier alpha value is -7.57. The predicted octanol–water partition coefficient (Wildman–Crippen LogP) is 14.6. The zero-order valence-corrected chi connectivity index (χ0v) is 47.6. The van der Waals surface area contributed by atoms with E-state index in [0.717, 1.165) is 51.3 Å². The summed E-state index contributed by atoms with van der Waals surface area (Å²) in [5, 5.41) is 11.6. The summed E-state index contributed by atoms with van der Waals surface area (Å²) in [4.78, 5) is 13.9. The molecule has 0 aliphatic heterocycles. The predicted molar refractivity (Wildman–Crippen MR) is 320 cm³/mol. The largest absolute Gasteiger partial charge is 0.489 e. The molecule has 0 unspecified atom stereocenters. The summed E-state index contributed by atoms with van der Waals surface area (Å²) < 4.78 is 51.1. The van der Waals surface area contributed by atoms with Crippen LogP contribution >= 0.6 is 0 Å². The lowest BCUT2D eigenvalue weighted by molar-refractivity contribution is -0.211. The van der Waals surface area contributed by atoms with Gasteiger partial charge in [0.15, 0.2) is 18.0 Å². The zero-order valence-electron chi connectivity index (χ0n) is 47.6. The Balaban J connectivity index is 0.000000198. The van der Waals surface area contributed by atoms with Gasteiger partial charge >= 0.3 is 0 Å². The number of aliphatic hydroxyl groups is 1. The van der Waals surface area contributed by atoms with Crippen molar-refractivity contribution in [3.05, 3.63) is 264 Å². The summed E-state index contributed by atoms with van der Waals surface area (Å²) in [7, 11) is 0. The lowest BCUT2D eigenvalue weighted by atomic mass is 9.72. The highest BCUT2D eigenvalue weighted by atomic mass is 16.6. The van der Waals surface area contributed by atoms with E-state index >= 15 is 0 Å². The molecule has 0 aromatic heterocycles. The van der Waals surface area contributed by atoms with Gasteiger partial charge in [-0.1, -0.05) is 216 Å². The van der Waals surface area contributed by atoms with Gasteiger partial charge in [-0.15, -0.1) is 0 Å². The van der Waals surface area contributed by atoms with Crippen molar-refractivity contribution in [2.75, 3.05) is 0 Å². The van der Waals surface area contributed by atoms with Gasteiger partial charge < -0.3 is 43.0 Å². The number of Topliss-reactive ketones (excluding diaryl/α,β-unsaturated/α-hetero) is 1. The van der Waals surface area contributed by atoms with E-state index in [2.05, 4.69) is 39.8 Å². The fraction of sp³-hybridized carbons (Fsp3) is 0.319. The van der Waals surface area contributed by atoms with Crippen molar-refractivity contribution in [1.29, 1.82) is 0 Å². The van der Waals surface area contributed by atoms with Gasteiger partial charge in [-0.3, -0.25) is 4.79 Å². The molecular weight excluding hydrogens is 1020 g/mol. The first kappa shape index (κ1) is 59.1. The molecule has 11 atom stereocenters. The van der Waals surface area contributed by atoms with Crippen molar-refractivity contribution in [3.63, 3.8) is 0 Å². The SMILES string of the molecule is CC[C@@H]1[C@@H](C)[C@H](OCc2ccccc2)[C@@H](OCc2ccccc2)[C@H](Oc2ccc(OCc3ccccc3)cc2)[C@H]1O.CC[C@H]1C(=O)[C@@H](Oc2ccc(OCc3ccccc3)cc2)[C@H](OCc2ccccc2)[C@@H](OCc2ccccc2)[C@@H]1C. The molecule has 10 rings (SSSR count). The minimum Gasteiger partial charge on any atom is -0.489 e. The van der Waals surface area contributed by atoms with Crippen molar-refractivity contribution in [2.24, 2.45) is 23.7 Å². The van der Waals surface area contributed by atoms with Crippen LogP contribution in [0.3, 0.4) is 0 Å². The first-order chi connectivity index (χ1) is 40.2. The number of carbonyl (C=O) groups is 1. The summed E-state index contributed by atoms with van der Waals surface area (Å²) in [6.45, 7) is 11.0. The van der Waals surface area contributed by atoms with E-state index in [1.165, 1.54) is 0 Å². The molecule has 0 heterocycles. The fourth-order valence-corrected chi connectivity index (χ4v) is 11.2. The molecule has 0 radical (unpaired) electrons. The Bertz CT molecular complexity index is 3060. The van der Waals surface area contributed by atoms with Crippen LogP contribution in [0.4, 0.5) is 0 Å². The van der Waals surface area contributed by atoms with Crippen LogP contribution in [0.5, 0.6) is 23.0 Å². The summed E-state index contributed by atoms with van der Waals surface area (Å²) in [6.07, 6.45) is -2.20. The standard InChI is InChI=1S/C36H40O5.C36H38O5/c2*1-3-32-26(2)34(39-24-28-15-9-5-10-16-28)36(40-25-29-17-11-6-12-18-29)35(33(32)37)41-31-21-19-30(20-22-31)38-23-27-13-7-4-8-14-27/h4-22,26,32-37H,3,23-25H2,1-2H3;4-22,26,32,34-36H,3,23-25H2,1-2H3/t26-,32-,33+,34+,35-,36-;26-,32-,34+,35-,36-/m11/s1. The number of carbonyl (C=O) groups excluding carboxylic acids is 1. The van der Waals surface area contributed by atoms with Gasteiger partial charge in [0, 0.05) is 5.92 Å². The smallest absolute Gasteiger partial charge is 0.185 e. The molecule has 0 saturated heterocycles. The topological polar surface area (TPSA) is 111 Å². The third-order valence-electron chi connectivity index (χ3n) is 15.8. The van der Waals surface area contributed by atoms with Crippen molar-refractivity contribution in [3.8, 4) is 23.0 Å². The van der Waals surface area contributed by atoms with Crippen LogP contribution in [-0.4, -0.2) is 53.6 Å². The molecule has 2 fully saturated rings. The second kappa shape index (κ2) is 30.5. The van der Waals surface area contributed by atoms with E-state index < -0.39 is 30.5 Å². The molecular formula is C72H78O10. The Labute approximate surface area is 484 Å². The number of hydrogen-bond acceptors (Lipinski definition) is 10. The average Bonchev–Trinajstić information content (AvgIpc) is 3.72. The molecule has 10 heteroatoms. The summed E-state index contributed by atoms with van der Waals surface area (Å²) in [5.74, 6) is 2.66. The maximum atomic E-state index is 13.9. The van der Waals surface area contributed by atoms with Gasteiger partial charge in [0.1, 0.15) is 48.4 Å². The first-order valence-electron chi connectivity index (χ1n) is 28.9. The Morgan fingerprint density at radius 2 is 0.659 bits per heavy atom. The van der Waals surface area contributed by atoms with Gasteiger partial charge in [0.05, 0.1) is 44.7 Å². The number of hydrogen-bond donors (Lipinski definition) is 1. The van der Waals surface area contributed by atoms with Crippen LogP contribution in [0, 0.1) is 23.7 Å². The third kappa shape index (κ3) is 16.3. The summed E-state index contributed by atoms with van der Waals surface area (Å²) in [6, 6.07) is 75.5. The number of ketones is 1. The van der Waals surface area contributed by atoms with Crippen LogP contribution in [-0.2, 0) is 63.4 Å². The van der Waals surface area contributed by atoms with Crippen LogP contribution in [0.2, 0.25) is 0 Å². The summed E-state index contributed by atoms with van der Waals surface area (Å²) in [5.41, 5.74) is 6.48. The van der Waals surface area contributed by atoms with Gasteiger partial charge in [-0.05, 0) is 106 Å². The Morgan fingerprint density at radius 3 is 1.02 bits per heavy atom. The average molecular weight is 1100 g/mol. The van der Waals surface area contributed by atoms with E-state index in [9.17, 15) is 9.90 Å². The molecule has 2 aliphatic carbocycles. The lowest BCUT2D eigenvalue weighted by Crippen LogP contribution is -2.61. The monoisotopic (exact) mass is 1100 g/mol. The van der Waals surface area contributed by atoms with Crippen LogP contribution in [0.15, 0.2) is 231 Å². The lowest BCUT2D eigenvalue weighted by Gasteiger charge is -2.48. The third-order valence-corrected chi connectivity index (χ3v) is 15.8. The number of benzene rings is 8. The fourth-order valence-electron chi connectivity index (χ4n) is 11.2. The Morgan fingerprint density at radius 1 is 0.341 bits per heavy atom. The van der Waals surface area contributed by atoms with Crippen LogP contribution in [0.25, 0.3) is 0 Å². The van der Waals surface area contributed by atoms with Gasteiger partial charge in [-0.2, -0.15) is 0 Å². The molecule has 1 N–H and O–H groups in total. The highest BCUT2D eigenvalue weighted by Gasteiger charge is 2.52. The van der Waals surface area contributed by atoms with Crippen LogP contribution < -0.4 is 18.9 Å². The zero-order chi connectivity index (χ0) is 56.9. The van der Waals surface area contributed by atoms with Crippen molar-refractivity contribution < 1.29 is 47.8 Å². The molecule has 10 nitrogen and oxygen atoms in total. The van der Waals surface area contributed by atoms with Gasteiger partial charge in [0.2, 0.25) is 0 Å². The highest BCUT2D eigenvalue weighted by Crippen LogP contribution is 2.40. The van der Waals surface area contributed by atoms with E-state index in [1.807, 2.05) is 218 Å². The molecule has 2 saturated carbocycles. The van der Waals surface area contributed by atoms with E-state index in [0.29, 0.717) is 57.6 Å². The minimum absolute atomic E-state index is 0.00540. The first-order valence-corrected chi connectivity index (χ1v) is 28.9. The Kier molecular flexibility index (Phi) is 22.0. The van der Waals surface area contributed by atoms with Crippen molar-refractivity contribution in [1.82, 2.24) is 0 Å². The number of aliphatic hydroxyl groups excluding tert-OH is 1. The maximum Gasteiger partial charge on any atom is 0.185 e. The second-order valence-electron chi connectivity index (χ2n) is 21.4. The molecule has 426 valence electrons. The molecule has 82 heavy (non-hydrogen) atoms. The van der Waals surface area contributed by atoms with E-state index in [-0.39, 0.29) is 41.7 Å². The number of ether oxygens (including phenoxy) is 8. The normalized spacial score (nSPS) is 23.2. The van der Waals surface area contributed by atoms with E-state index in [4.69, 9.17) is 37.9 Å². The van der Waals surface area contributed by atoms with Gasteiger partial charge in [-0.25, -0.2) is 0 Å². The summed E-state index contributed by atoms with van der Waals surface area (Å²) >= 11 is 0. The van der Waals surface area contributed by atoms with Crippen LogP contribution in [0.1, 0.15) is 73.9 Å². The van der Waals surface area contributed by atoms with E-state index in [1.54, 1.807) is 0 Å². The molecule has 0 spiro atoms. The molecule has 0 amide bonds. The van der Waals surface area contributed by atoms with Gasteiger partial charge in [0.25, 0.3) is 0 Å². The quantitative estimate of drug-likeness (QED) is 0.0628. The number of rotatable bonds is 24. The van der Waals surface area contributed by atoms with Crippen molar-refractivity contribution in [2.45, 2.75) is 123 Å². The molecule has 0 bridgehead atoms. The minimum atomic E-state index is -0.795. The molecule has 2 aliphatic rings.